The molecule has 3 nitrogen and oxygen atoms in total. The van der Waals surface area contributed by atoms with Crippen LogP contribution >= 0.6 is 23.2 Å². The molecule has 5 heteroatoms. The number of benzene rings is 2. The van der Waals surface area contributed by atoms with Gasteiger partial charge in [0.05, 0.1) is 17.2 Å². The van der Waals surface area contributed by atoms with Gasteiger partial charge in [0, 0.05) is 18.1 Å². The molecule has 0 N–H and O–H groups in total. The van der Waals surface area contributed by atoms with E-state index in [1.165, 1.54) is 5.56 Å². The standard InChI is InChI=1S/C22H29Cl2NO2/c1-22(2,3)26-16-19(27-21-11-10-18(23)14-20(21)24)12-13-25(4)15-17-8-6-5-7-9-17/h5-11,14,19H,12-13,15-16H2,1-4H3/t19-/m1/s1. The molecule has 0 spiro atoms. The maximum absolute atomic E-state index is 6.27. The monoisotopic (exact) mass is 409 g/mol. The summed E-state index contributed by atoms with van der Waals surface area (Å²) in [4.78, 5) is 2.28. The molecule has 0 aromatic heterocycles. The topological polar surface area (TPSA) is 21.7 Å². The molecule has 1 atom stereocenters. The summed E-state index contributed by atoms with van der Waals surface area (Å²) in [6.07, 6.45) is 0.736. The first-order valence-electron chi connectivity index (χ1n) is 9.21. The lowest BCUT2D eigenvalue weighted by atomic mass is 10.1. The molecule has 0 amide bonds. The van der Waals surface area contributed by atoms with Crippen molar-refractivity contribution in [3.63, 3.8) is 0 Å². The van der Waals surface area contributed by atoms with Crippen molar-refractivity contribution in [1.82, 2.24) is 4.90 Å². The highest BCUT2D eigenvalue weighted by Gasteiger charge is 2.19. The summed E-state index contributed by atoms with van der Waals surface area (Å²) in [5, 5.41) is 1.11. The van der Waals surface area contributed by atoms with Gasteiger partial charge in [0.15, 0.2) is 0 Å². The molecule has 148 valence electrons. The third-order valence-corrected chi connectivity index (χ3v) is 4.55. The molecule has 0 unspecified atom stereocenters. The second kappa shape index (κ2) is 10.3. The Bertz CT molecular complexity index is 701. The van der Waals surface area contributed by atoms with Gasteiger partial charge in [-0.3, -0.25) is 0 Å². The van der Waals surface area contributed by atoms with Crippen LogP contribution in [0.4, 0.5) is 0 Å². The Labute approximate surface area is 173 Å². The highest BCUT2D eigenvalue weighted by molar-refractivity contribution is 6.35. The zero-order chi connectivity index (χ0) is 19.9. The molecule has 0 heterocycles. The lowest BCUT2D eigenvalue weighted by Crippen LogP contribution is -2.33. The second-order valence-electron chi connectivity index (χ2n) is 7.75. The minimum Gasteiger partial charge on any atom is -0.486 e. The van der Waals surface area contributed by atoms with E-state index in [2.05, 4.69) is 36.2 Å². The molecule has 0 saturated heterocycles. The van der Waals surface area contributed by atoms with E-state index in [0.717, 1.165) is 19.5 Å². The van der Waals surface area contributed by atoms with E-state index < -0.39 is 0 Å². The van der Waals surface area contributed by atoms with Crippen LogP contribution in [0.15, 0.2) is 48.5 Å². The molecule has 0 radical (unpaired) electrons. The zero-order valence-corrected chi connectivity index (χ0v) is 18.1. The molecule has 27 heavy (non-hydrogen) atoms. The third kappa shape index (κ3) is 8.52. The van der Waals surface area contributed by atoms with E-state index in [4.69, 9.17) is 32.7 Å². The first-order valence-corrected chi connectivity index (χ1v) is 9.96. The van der Waals surface area contributed by atoms with E-state index in [0.29, 0.717) is 22.4 Å². The summed E-state index contributed by atoms with van der Waals surface area (Å²) in [5.74, 6) is 0.634. The second-order valence-corrected chi connectivity index (χ2v) is 8.59. The average Bonchev–Trinajstić information content (AvgIpc) is 2.59. The predicted octanol–water partition coefficient (Wildman–Crippen LogP) is 6.08. The first kappa shape index (κ1) is 22.0. The van der Waals surface area contributed by atoms with Gasteiger partial charge in [-0.1, -0.05) is 53.5 Å². The molecule has 2 rings (SSSR count). The highest BCUT2D eigenvalue weighted by atomic mass is 35.5. The van der Waals surface area contributed by atoms with E-state index in [1.807, 2.05) is 32.9 Å². The SMILES string of the molecule is CN(CC[C@H](COC(C)(C)C)Oc1ccc(Cl)cc1Cl)Cc1ccccc1. The van der Waals surface area contributed by atoms with Crippen molar-refractivity contribution in [2.24, 2.45) is 0 Å². The molecule has 0 aliphatic carbocycles. The summed E-state index contributed by atoms with van der Waals surface area (Å²) in [6.45, 7) is 8.41. The zero-order valence-electron chi connectivity index (χ0n) is 16.5. The van der Waals surface area contributed by atoms with Gasteiger partial charge in [-0.05, 0) is 58.0 Å². The van der Waals surface area contributed by atoms with Gasteiger partial charge in [-0.15, -0.1) is 0 Å². The summed E-state index contributed by atoms with van der Waals surface area (Å²) in [5.41, 5.74) is 1.07. The number of hydrogen-bond acceptors (Lipinski definition) is 3. The van der Waals surface area contributed by atoms with Crippen molar-refractivity contribution in [1.29, 1.82) is 0 Å². The van der Waals surface area contributed by atoms with E-state index in [1.54, 1.807) is 12.1 Å². The number of hydrogen-bond donors (Lipinski definition) is 0. The van der Waals surface area contributed by atoms with Crippen LogP contribution in [-0.2, 0) is 11.3 Å². The van der Waals surface area contributed by atoms with Crippen molar-refractivity contribution in [2.45, 2.75) is 45.4 Å². The van der Waals surface area contributed by atoms with Crippen LogP contribution in [0.25, 0.3) is 0 Å². The lowest BCUT2D eigenvalue weighted by Gasteiger charge is -2.27. The quantitative estimate of drug-likeness (QED) is 0.500. The molecule has 0 fully saturated rings. The molecule has 0 bridgehead atoms. The Kier molecular flexibility index (Phi) is 8.43. The summed E-state index contributed by atoms with van der Waals surface area (Å²) >= 11 is 12.3. The minimum absolute atomic E-state index is 0.0962. The lowest BCUT2D eigenvalue weighted by molar-refractivity contribution is -0.0448. The van der Waals surface area contributed by atoms with Gasteiger partial charge in [0.1, 0.15) is 11.9 Å². The molecular formula is C22H29Cl2NO2. The van der Waals surface area contributed by atoms with Crippen molar-refractivity contribution < 1.29 is 9.47 Å². The number of nitrogens with zero attached hydrogens (tertiary/aromatic N) is 1. The normalized spacial score (nSPS) is 13.0. The Morgan fingerprint density at radius 2 is 1.74 bits per heavy atom. The first-order chi connectivity index (χ1) is 12.7. The van der Waals surface area contributed by atoms with Crippen LogP contribution in [0.3, 0.4) is 0 Å². The molecule has 2 aromatic rings. The van der Waals surface area contributed by atoms with Gasteiger partial charge in [-0.25, -0.2) is 0 Å². The fraction of sp³-hybridized carbons (Fsp3) is 0.455. The summed E-state index contributed by atoms with van der Waals surface area (Å²) in [7, 11) is 2.12. The molecule has 2 aromatic carbocycles. The van der Waals surface area contributed by atoms with Crippen molar-refractivity contribution in [3.8, 4) is 5.75 Å². The predicted molar refractivity (Wildman–Crippen MR) is 114 cm³/mol. The maximum Gasteiger partial charge on any atom is 0.138 e. The third-order valence-electron chi connectivity index (χ3n) is 4.02. The Hall–Kier alpha value is -1.26. The summed E-state index contributed by atoms with van der Waals surface area (Å²) in [6, 6.07) is 15.7. The van der Waals surface area contributed by atoms with Gasteiger partial charge in [0.2, 0.25) is 0 Å². The van der Waals surface area contributed by atoms with Crippen LogP contribution in [-0.4, -0.2) is 36.8 Å². The molecular weight excluding hydrogens is 381 g/mol. The minimum atomic E-state index is -0.221. The van der Waals surface area contributed by atoms with Crippen LogP contribution in [0.1, 0.15) is 32.8 Å². The van der Waals surface area contributed by atoms with Gasteiger partial charge in [-0.2, -0.15) is 0 Å². The largest absolute Gasteiger partial charge is 0.486 e. The Morgan fingerprint density at radius 3 is 2.37 bits per heavy atom. The van der Waals surface area contributed by atoms with Crippen molar-refractivity contribution >= 4 is 23.2 Å². The van der Waals surface area contributed by atoms with Gasteiger partial charge < -0.3 is 14.4 Å². The van der Waals surface area contributed by atoms with Gasteiger partial charge >= 0.3 is 0 Å². The smallest absolute Gasteiger partial charge is 0.138 e. The van der Waals surface area contributed by atoms with E-state index in [9.17, 15) is 0 Å². The van der Waals surface area contributed by atoms with Crippen LogP contribution in [0.5, 0.6) is 5.75 Å². The van der Waals surface area contributed by atoms with Crippen molar-refractivity contribution in [2.75, 3.05) is 20.2 Å². The molecule has 0 aliphatic rings. The van der Waals surface area contributed by atoms with Crippen LogP contribution < -0.4 is 4.74 Å². The average molecular weight is 410 g/mol. The summed E-state index contributed by atoms with van der Waals surface area (Å²) < 4.78 is 12.1. The fourth-order valence-electron chi connectivity index (χ4n) is 2.61. The molecule has 0 saturated carbocycles. The highest BCUT2D eigenvalue weighted by Crippen LogP contribution is 2.29. The fourth-order valence-corrected chi connectivity index (χ4v) is 3.06. The van der Waals surface area contributed by atoms with Crippen LogP contribution in [0.2, 0.25) is 10.0 Å². The van der Waals surface area contributed by atoms with E-state index in [-0.39, 0.29) is 11.7 Å². The maximum atomic E-state index is 6.27. The number of rotatable bonds is 9. The number of ether oxygens (including phenoxy) is 2. The van der Waals surface area contributed by atoms with Gasteiger partial charge in [0.25, 0.3) is 0 Å². The van der Waals surface area contributed by atoms with Crippen molar-refractivity contribution in [3.05, 3.63) is 64.1 Å². The Morgan fingerprint density at radius 1 is 1.04 bits per heavy atom. The van der Waals surface area contributed by atoms with E-state index >= 15 is 0 Å². The Balaban J connectivity index is 1.96. The van der Waals surface area contributed by atoms with Crippen LogP contribution in [0, 0.1) is 0 Å². The molecule has 0 aliphatic heterocycles. The number of halogens is 2.